The van der Waals surface area contributed by atoms with Gasteiger partial charge in [0.25, 0.3) is 0 Å². The molecule has 2 aromatic rings. The summed E-state index contributed by atoms with van der Waals surface area (Å²) in [7, 11) is 0. The number of hydrogen-bond acceptors (Lipinski definition) is 3. The number of hydrogen-bond donors (Lipinski definition) is 0. The summed E-state index contributed by atoms with van der Waals surface area (Å²) in [5.41, 5.74) is 2.23. The first kappa shape index (κ1) is 11.3. The van der Waals surface area contributed by atoms with E-state index in [0.29, 0.717) is 11.7 Å². The lowest BCUT2D eigenvalue weighted by Gasteiger charge is -1.94. The van der Waals surface area contributed by atoms with E-state index >= 15 is 0 Å². The van der Waals surface area contributed by atoms with Gasteiger partial charge in [0.05, 0.1) is 0 Å². The number of aromatic nitrogens is 2. The van der Waals surface area contributed by atoms with E-state index in [0.717, 1.165) is 23.7 Å². The zero-order valence-electron chi connectivity index (χ0n) is 9.11. The van der Waals surface area contributed by atoms with Crippen LogP contribution in [0.15, 0.2) is 28.8 Å². The highest BCUT2D eigenvalue weighted by molar-refractivity contribution is 9.09. The van der Waals surface area contributed by atoms with Crippen LogP contribution in [0.4, 0.5) is 0 Å². The number of nitrogens with zero attached hydrogens (tertiary/aromatic N) is 2. The fourth-order valence-corrected chi connectivity index (χ4v) is 1.67. The highest BCUT2D eigenvalue weighted by Crippen LogP contribution is 2.16. The Kier molecular flexibility index (Phi) is 3.72. The molecule has 0 atom stereocenters. The van der Waals surface area contributed by atoms with Gasteiger partial charge in [-0.3, -0.25) is 0 Å². The average molecular weight is 281 g/mol. The van der Waals surface area contributed by atoms with Crippen molar-refractivity contribution < 1.29 is 4.52 Å². The molecule has 0 bridgehead atoms. The highest BCUT2D eigenvalue weighted by atomic mass is 79.9. The van der Waals surface area contributed by atoms with Crippen LogP contribution in [0.5, 0.6) is 0 Å². The Balaban J connectivity index is 2.15. The third kappa shape index (κ3) is 2.70. The molecule has 0 fully saturated rings. The van der Waals surface area contributed by atoms with Crippen molar-refractivity contribution in [2.24, 2.45) is 0 Å². The lowest BCUT2D eigenvalue weighted by Crippen LogP contribution is -1.86. The second-order valence-electron chi connectivity index (χ2n) is 3.67. The van der Waals surface area contributed by atoms with Crippen LogP contribution in [0.25, 0.3) is 11.4 Å². The molecule has 16 heavy (non-hydrogen) atoms. The van der Waals surface area contributed by atoms with Crippen LogP contribution in [-0.2, 0) is 6.42 Å². The van der Waals surface area contributed by atoms with Crippen molar-refractivity contribution in [3.63, 3.8) is 0 Å². The predicted molar refractivity (Wildman–Crippen MR) is 66.6 cm³/mol. The normalized spacial score (nSPS) is 10.6. The third-order valence-corrected chi connectivity index (χ3v) is 2.86. The summed E-state index contributed by atoms with van der Waals surface area (Å²) in [6.45, 7) is 2.06. The molecule has 1 heterocycles. The van der Waals surface area contributed by atoms with Crippen molar-refractivity contribution in [1.29, 1.82) is 0 Å². The molecule has 0 spiro atoms. The van der Waals surface area contributed by atoms with Gasteiger partial charge in [0.2, 0.25) is 11.7 Å². The fraction of sp³-hybridized carbons (Fsp3) is 0.333. The number of halogens is 1. The van der Waals surface area contributed by atoms with E-state index in [-0.39, 0.29) is 0 Å². The van der Waals surface area contributed by atoms with E-state index in [9.17, 15) is 0 Å². The Morgan fingerprint density at radius 2 is 2.00 bits per heavy atom. The van der Waals surface area contributed by atoms with E-state index in [1.165, 1.54) is 5.56 Å². The molecule has 2 rings (SSSR count). The molecule has 3 nitrogen and oxygen atoms in total. The van der Waals surface area contributed by atoms with Gasteiger partial charge in [-0.25, -0.2) is 0 Å². The molecular formula is C12H13BrN2O. The van der Waals surface area contributed by atoms with Crippen molar-refractivity contribution in [3.8, 4) is 11.4 Å². The topological polar surface area (TPSA) is 38.9 Å². The van der Waals surface area contributed by atoms with Crippen LogP contribution in [0.2, 0.25) is 0 Å². The van der Waals surface area contributed by atoms with Crippen molar-refractivity contribution in [1.82, 2.24) is 10.1 Å². The largest absolute Gasteiger partial charge is 0.339 e. The molecule has 0 unspecified atom stereocenters. The Morgan fingerprint density at radius 3 is 2.69 bits per heavy atom. The minimum Gasteiger partial charge on any atom is -0.339 e. The maximum Gasteiger partial charge on any atom is 0.226 e. The standard InChI is InChI=1S/C12H13BrN2O/c1-9-4-6-10(7-5-9)12-14-11(16-15-12)3-2-8-13/h4-7H,2-3,8H2,1H3. The van der Waals surface area contributed by atoms with E-state index in [1.807, 2.05) is 24.3 Å². The van der Waals surface area contributed by atoms with E-state index in [1.54, 1.807) is 0 Å². The van der Waals surface area contributed by atoms with Gasteiger partial charge in [-0.1, -0.05) is 50.9 Å². The molecule has 0 radical (unpaired) electrons. The van der Waals surface area contributed by atoms with Gasteiger partial charge in [-0.2, -0.15) is 4.98 Å². The molecule has 0 aliphatic heterocycles. The van der Waals surface area contributed by atoms with Gasteiger partial charge >= 0.3 is 0 Å². The van der Waals surface area contributed by atoms with Crippen LogP contribution >= 0.6 is 15.9 Å². The number of rotatable bonds is 4. The van der Waals surface area contributed by atoms with Crippen LogP contribution in [0.3, 0.4) is 0 Å². The van der Waals surface area contributed by atoms with Crippen LogP contribution in [-0.4, -0.2) is 15.5 Å². The highest BCUT2D eigenvalue weighted by Gasteiger charge is 2.07. The van der Waals surface area contributed by atoms with Gasteiger partial charge in [-0.15, -0.1) is 0 Å². The van der Waals surface area contributed by atoms with Crippen molar-refractivity contribution in [2.75, 3.05) is 5.33 Å². The first-order valence-electron chi connectivity index (χ1n) is 5.25. The maximum absolute atomic E-state index is 5.17. The van der Waals surface area contributed by atoms with E-state index in [2.05, 4.69) is 33.0 Å². The zero-order chi connectivity index (χ0) is 11.4. The van der Waals surface area contributed by atoms with E-state index in [4.69, 9.17) is 4.52 Å². The van der Waals surface area contributed by atoms with Gasteiger partial charge in [0, 0.05) is 17.3 Å². The predicted octanol–water partition coefficient (Wildman–Crippen LogP) is 3.37. The Hall–Kier alpha value is -1.16. The van der Waals surface area contributed by atoms with Crippen LogP contribution in [0, 0.1) is 6.92 Å². The number of alkyl halides is 1. The van der Waals surface area contributed by atoms with E-state index < -0.39 is 0 Å². The van der Waals surface area contributed by atoms with Crippen molar-refractivity contribution in [2.45, 2.75) is 19.8 Å². The van der Waals surface area contributed by atoms with Gasteiger partial charge in [-0.05, 0) is 13.3 Å². The average Bonchev–Trinajstić information content (AvgIpc) is 2.76. The quantitative estimate of drug-likeness (QED) is 0.806. The van der Waals surface area contributed by atoms with Gasteiger partial charge < -0.3 is 4.52 Å². The molecular weight excluding hydrogens is 268 g/mol. The summed E-state index contributed by atoms with van der Waals surface area (Å²) >= 11 is 3.38. The van der Waals surface area contributed by atoms with Crippen LogP contribution in [0.1, 0.15) is 17.9 Å². The summed E-state index contributed by atoms with van der Waals surface area (Å²) in [6, 6.07) is 8.11. The molecule has 0 amide bonds. The molecule has 0 aliphatic carbocycles. The molecule has 0 saturated carbocycles. The second kappa shape index (κ2) is 5.25. The summed E-state index contributed by atoms with van der Waals surface area (Å²) < 4.78 is 5.17. The van der Waals surface area contributed by atoms with Gasteiger partial charge in [0.1, 0.15) is 0 Å². The monoisotopic (exact) mass is 280 g/mol. The zero-order valence-corrected chi connectivity index (χ0v) is 10.7. The Labute approximate surface area is 103 Å². The summed E-state index contributed by atoms with van der Waals surface area (Å²) in [4.78, 5) is 4.35. The fourth-order valence-electron chi connectivity index (χ4n) is 1.39. The molecule has 0 aliphatic rings. The summed E-state index contributed by atoms with van der Waals surface area (Å²) in [5, 5.41) is 4.92. The summed E-state index contributed by atoms with van der Waals surface area (Å²) in [5.74, 6) is 1.37. The molecule has 4 heteroatoms. The third-order valence-electron chi connectivity index (χ3n) is 2.30. The summed E-state index contributed by atoms with van der Waals surface area (Å²) in [6.07, 6.45) is 1.83. The maximum atomic E-state index is 5.17. The SMILES string of the molecule is Cc1ccc(-c2noc(CCCBr)n2)cc1. The lowest BCUT2D eigenvalue weighted by atomic mass is 10.1. The molecule has 84 valence electrons. The minimum absolute atomic E-state index is 0.671. The Bertz CT molecular complexity index is 450. The smallest absolute Gasteiger partial charge is 0.226 e. The Morgan fingerprint density at radius 1 is 1.25 bits per heavy atom. The van der Waals surface area contributed by atoms with Gasteiger partial charge in [0.15, 0.2) is 0 Å². The van der Waals surface area contributed by atoms with Crippen molar-refractivity contribution >= 4 is 15.9 Å². The molecule has 0 N–H and O–H groups in total. The molecule has 1 aromatic carbocycles. The first-order chi connectivity index (χ1) is 7.79. The number of aryl methyl sites for hydroxylation is 2. The molecule has 0 saturated heterocycles. The van der Waals surface area contributed by atoms with Crippen molar-refractivity contribution in [3.05, 3.63) is 35.7 Å². The minimum atomic E-state index is 0.671. The molecule has 1 aromatic heterocycles. The van der Waals surface area contributed by atoms with Crippen LogP contribution < -0.4 is 0 Å². The number of benzene rings is 1. The first-order valence-corrected chi connectivity index (χ1v) is 6.37. The second-order valence-corrected chi connectivity index (χ2v) is 4.46. The lowest BCUT2D eigenvalue weighted by molar-refractivity contribution is 0.378.